The zero-order chi connectivity index (χ0) is 21.1. The Kier molecular flexibility index (Phi) is 6.86. The molecule has 0 saturated carbocycles. The van der Waals surface area contributed by atoms with E-state index in [9.17, 15) is 4.79 Å². The summed E-state index contributed by atoms with van der Waals surface area (Å²) < 4.78 is 15.9. The molecule has 3 aromatic rings. The number of hydrogen-bond donors (Lipinski definition) is 1. The van der Waals surface area contributed by atoms with Crippen molar-refractivity contribution >= 4 is 47.1 Å². The lowest BCUT2D eigenvalue weighted by molar-refractivity contribution is -0.126. The zero-order valence-electron chi connectivity index (χ0n) is 17.3. The van der Waals surface area contributed by atoms with Crippen LogP contribution in [-0.2, 0) is 4.79 Å². The molecular formula is C21H24ClN5O4. The monoisotopic (exact) mass is 445 g/mol. The van der Waals surface area contributed by atoms with Crippen LogP contribution in [0.3, 0.4) is 0 Å². The van der Waals surface area contributed by atoms with Crippen molar-refractivity contribution in [3.63, 3.8) is 0 Å². The van der Waals surface area contributed by atoms with E-state index in [0.29, 0.717) is 66.1 Å². The number of carbonyl (C=O) groups is 1. The van der Waals surface area contributed by atoms with Gasteiger partial charge >= 0.3 is 0 Å². The number of nitrogen functional groups attached to an aromatic ring is 1. The lowest BCUT2D eigenvalue weighted by atomic mass is 10.2. The molecule has 31 heavy (non-hydrogen) atoms. The van der Waals surface area contributed by atoms with E-state index in [4.69, 9.17) is 19.6 Å². The van der Waals surface area contributed by atoms with Gasteiger partial charge in [0.15, 0.2) is 11.5 Å². The summed E-state index contributed by atoms with van der Waals surface area (Å²) in [5.41, 5.74) is 6.86. The first-order valence-electron chi connectivity index (χ1n) is 9.53. The van der Waals surface area contributed by atoms with Crippen molar-refractivity contribution in [1.82, 2.24) is 14.9 Å². The molecule has 0 radical (unpaired) electrons. The quantitative estimate of drug-likeness (QED) is 0.597. The molecule has 4 rings (SSSR count). The molecule has 1 aliphatic rings. The summed E-state index contributed by atoms with van der Waals surface area (Å²) >= 11 is 0. The van der Waals surface area contributed by atoms with Crippen LogP contribution in [0.15, 0.2) is 41.0 Å². The largest absolute Gasteiger partial charge is 0.493 e. The van der Waals surface area contributed by atoms with Crippen molar-refractivity contribution < 1.29 is 18.7 Å². The van der Waals surface area contributed by atoms with E-state index < -0.39 is 0 Å². The van der Waals surface area contributed by atoms with E-state index in [1.165, 1.54) is 6.08 Å². The van der Waals surface area contributed by atoms with Crippen molar-refractivity contribution in [2.75, 3.05) is 51.0 Å². The van der Waals surface area contributed by atoms with E-state index in [2.05, 4.69) is 9.97 Å². The molecule has 10 heteroatoms. The number of piperazine rings is 1. The third-order valence-corrected chi connectivity index (χ3v) is 5.03. The van der Waals surface area contributed by atoms with E-state index in [0.717, 1.165) is 0 Å². The molecule has 3 heterocycles. The number of carbonyl (C=O) groups excluding carboxylic acids is 1. The fourth-order valence-electron chi connectivity index (χ4n) is 3.38. The van der Waals surface area contributed by atoms with Crippen molar-refractivity contribution in [2.24, 2.45) is 0 Å². The topological polar surface area (TPSA) is 107 Å². The molecule has 164 valence electrons. The van der Waals surface area contributed by atoms with Gasteiger partial charge < -0.3 is 29.4 Å². The van der Waals surface area contributed by atoms with E-state index in [1.54, 1.807) is 55.7 Å². The number of nitrogens with zero attached hydrogens (tertiary/aromatic N) is 4. The van der Waals surface area contributed by atoms with Gasteiger partial charge in [-0.2, -0.15) is 4.98 Å². The van der Waals surface area contributed by atoms with Crippen LogP contribution in [0.4, 0.5) is 11.8 Å². The summed E-state index contributed by atoms with van der Waals surface area (Å²) in [5.74, 6) is 2.65. The number of benzene rings is 1. The maximum atomic E-state index is 12.4. The molecule has 2 N–H and O–H groups in total. The van der Waals surface area contributed by atoms with Crippen LogP contribution in [0.5, 0.6) is 11.5 Å². The first-order chi connectivity index (χ1) is 14.6. The Hall–Kier alpha value is -3.46. The number of amides is 1. The summed E-state index contributed by atoms with van der Waals surface area (Å²) in [7, 11) is 3.14. The Morgan fingerprint density at radius 1 is 1.13 bits per heavy atom. The summed E-state index contributed by atoms with van der Waals surface area (Å²) in [4.78, 5) is 25.3. The number of hydrogen-bond acceptors (Lipinski definition) is 8. The van der Waals surface area contributed by atoms with Gasteiger partial charge in [-0.25, -0.2) is 4.98 Å². The SMILES string of the molecule is COc1cc2nc(N3CCN(C(=O)/C=C/c4ccco4)CC3)nc(N)c2cc1OC.Cl. The van der Waals surface area contributed by atoms with Crippen LogP contribution >= 0.6 is 12.4 Å². The molecule has 0 spiro atoms. The van der Waals surface area contributed by atoms with Gasteiger partial charge in [0.05, 0.1) is 26.0 Å². The summed E-state index contributed by atoms with van der Waals surface area (Å²) in [6.07, 6.45) is 4.77. The van der Waals surface area contributed by atoms with Crippen LogP contribution in [0, 0.1) is 0 Å². The standard InChI is InChI=1S/C21H23N5O4.ClH/c1-28-17-12-15-16(13-18(17)29-2)23-21(24-20(15)22)26-9-7-25(8-10-26)19(27)6-5-14-4-3-11-30-14;/h3-6,11-13H,7-10H2,1-2H3,(H2,22,23,24);1H/b6-5+;. The molecular weight excluding hydrogens is 422 g/mol. The third kappa shape index (κ3) is 4.66. The van der Waals surface area contributed by atoms with Crippen LogP contribution in [0.2, 0.25) is 0 Å². The Morgan fingerprint density at radius 2 is 1.84 bits per heavy atom. The van der Waals surface area contributed by atoms with Crippen LogP contribution in [0.25, 0.3) is 17.0 Å². The van der Waals surface area contributed by atoms with Gasteiger partial charge in [-0.05, 0) is 24.3 Å². The number of methoxy groups -OCH3 is 2. The first kappa shape index (κ1) is 22.2. The Labute approximate surface area is 185 Å². The number of halogens is 1. The van der Waals surface area contributed by atoms with E-state index in [1.807, 2.05) is 4.90 Å². The highest BCUT2D eigenvalue weighted by Gasteiger charge is 2.22. The molecule has 0 atom stereocenters. The molecule has 0 aliphatic carbocycles. The normalized spacial score (nSPS) is 14.0. The Morgan fingerprint density at radius 3 is 2.48 bits per heavy atom. The molecule has 1 amide bonds. The third-order valence-electron chi connectivity index (χ3n) is 5.03. The Balaban J connectivity index is 0.00000272. The van der Waals surface area contributed by atoms with Crippen molar-refractivity contribution in [3.8, 4) is 11.5 Å². The molecule has 1 fully saturated rings. The van der Waals surface area contributed by atoms with Crippen LogP contribution in [0.1, 0.15) is 5.76 Å². The van der Waals surface area contributed by atoms with Crippen molar-refractivity contribution in [3.05, 3.63) is 42.4 Å². The molecule has 2 aromatic heterocycles. The lowest BCUT2D eigenvalue weighted by Crippen LogP contribution is -2.48. The number of aromatic nitrogens is 2. The van der Waals surface area contributed by atoms with Gasteiger partial charge in [-0.15, -0.1) is 12.4 Å². The van der Waals surface area contributed by atoms with E-state index >= 15 is 0 Å². The second-order valence-electron chi connectivity index (χ2n) is 6.79. The van der Waals surface area contributed by atoms with Gasteiger partial charge in [0, 0.05) is 43.7 Å². The number of anilines is 2. The smallest absolute Gasteiger partial charge is 0.246 e. The first-order valence-corrected chi connectivity index (χ1v) is 9.53. The van der Waals surface area contributed by atoms with Gasteiger partial charge in [0.2, 0.25) is 11.9 Å². The maximum absolute atomic E-state index is 12.4. The minimum Gasteiger partial charge on any atom is -0.493 e. The average molecular weight is 446 g/mol. The molecule has 0 unspecified atom stereocenters. The fourth-order valence-corrected chi connectivity index (χ4v) is 3.38. The molecule has 1 saturated heterocycles. The predicted octanol–water partition coefficient (Wildman–Crippen LogP) is 2.61. The van der Waals surface area contributed by atoms with Crippen molar-refractivity contribution in [2.45, 2.75) is 0 Å². The average Bonchev–Trinajstić information content (AvgIpc) is 3.30. The maximum Gasteiger partial charge on any atom is 0.246 e. The molecule has 1 aromatic carbocycles. The highest BCUT2D eigenvalue weighted by atomic mass is 35.5. The summed E-state index contributed by atoms with van der Waals surface area (Å²) in [6.45, 7) is 2.35. The number of fused-ring (bicyclic) bond motifs is 1. The van der Waals surface area contributed by atoms with Crippen molar-refractivity contribution in [1.29, 1.82) is 0 Å². The van der Waals surface area contributed by atoms with Gasteiger partial charge in [-0.1, -0.05) is 0 Å². The van der Waals surface area contributed by atoms with Crippen LogP contribution in [-0.4, -0.2) is 61.2 Å². The fraction of sp³-hybridized carbons (Fsp3) is 0.286. The highest BCUT2D eigenvalue weighted by molar-refractivity contribution is 5.92. The zero-order valence-corrected chi connectivity index (χ0v) is 18.1. The number of nitrogens with two attached hydrogens (primary N) is 1. The number of furan rings is 1. The molecule has 1 aliphatic heterocycles. The van der Waals surface area contributed by atoms with Gasteiger partial charge in [-0.3, -0.25) is 4.79 Å². The summed E-state index contributed by atoms with van der Waals surface area (Å²) in [6, 6.07) is 7.14. The minimum atomic E-state index is -0.0539. The van der Waals surface area contributed by atoms with Gasteiger partial charge in [0.1, 0.15) is 11.6 Å². The highest BCUT2D eigenvalue weighted by Crippen LogP contribution is 2.34. The molecule has 9 nitrogen and oxygen atoms in total. The molecule has 0 bridgehead atoms. The Bertz CT molecular complexity index is 1080. The van der Waals surface area contributed by atoms with Crippen LogP contribution < -0.4 is 20.1 Å². The van der Waals surface area contributed by atoms with E-state index in [-0.39, 0.29) is 18.3 Å². The second-order valence-corrected chi connectivity index (χ2v) is 6.79. The minimum absolute atomic E-state index is 0. The number of ether oxygens (including phenoxy) is 2. The number of rotatable bonds is 5. The lowest BCUT2D eigenvalue weighted by Gasteiger charge is -2.34. The predicted molar refractivity (Wildman–Crippen MR) is 121 cm³/mol. The van der Waals surface area contributed by atoms with Gasteiger partial charge in [0.25, 0.3) is 0 Å². The second kappa shape index (κ2) is 9.57. The summed E-state index contributed by atoms with van der Waals surface area (Å²) in [5, 5.41) is 0.702.